The Bertz CT molecular complexity index is 1020. The number of nitrogens with two attached hydrogens (primary N) is 2. The maximum atomic E-state index is 13.9. The molecule has 0 aliphatic carbocycles. The van der Waals surface area contributed by atoms with Gasteiger partial charge in [0.2, 0.25) is 0 Å². The molecule has 0 spiro atoms. The number of nitrogens with zero attached hydrogens (tertiary/aromatic N) is 4. The van der Waals surface area contributed by atoms with Crippen LogP contribution >= 0.6 is 0 Å². The summed E-state index contributed by atoms with van der Waals surface area (Å²) in [4.78, 5) is 12.8. The van der Waals surface area contributed by atoms with E-state index in [0.29, 0.717) is 28.5 Å². The molecule has 29 heavy (non-hydrogen) atoms. The Balaban J connectivity index is 1.92. The van der Waals surface area contributed by atoms with Crippen molar-refractivity contribution in [1.29, 1.82) is 0 Å². The van der Waals surface area contributed by atoms with Crippen molar-refractivity contribution in [1.82, 2.24) is 15.1 Å². The van der Waals surface area contributed by atoms with Gasteiger partial charge in [-0.1, -0.05) is 23.4 Å². The molecule has 2 aromatic heterocycles. The van der Waals surface area contributed by atoms with Crippen LogP contribution in [0.3, 0.4) is 0 Å². The van der Waals surface area contributed by atoms with Gasteiger partial charge in [0.25, 0.3) is 0 Å². The molecule has 3 rings (SSSR count). The predicted octanol–water partition coefficient (Wildman–Crippen LogP) is 1.58. The fraction of sp³-hybridized carbons (Fsp3) is 0.158. The highest BCUT2D eigenvalue weighted by molar-refractivity contribution is 6.10. The van der Waals surface area contributed by atoms with Crippen LogP contribution in [0.5, 0.6) is 0 Å². The molecule has 3 aromatic rings. The van der Waals surface area contributed by atoms with Crippen molar-refractivity contribution in [2.45, 2.75) is 6.54 Å². The SMILES string of the molecule is NC(=CC(=NCc1ccccc1F)c1ccon1)c1ncc(N)c(NCCO)n1. The predicted molar refractivity (Wildman–Crippen MR) is 107 cm³/mol. The number of nitrogen functional groups attached to an aromatic ring is 1. The van der Waals surface area contributed by atoms with Crippen LogP contribution in [-0.2, 0) is 6.54 Å². The van der Waals surface area contributed by atoms with Crippen LogP contribution in [0.4, 0.5) is 15.9 Å². The highest BCUT2D eigenvalue weighted by Gasteiger charge is 2.11. The second-order valence-corrected chi connectivity index (χ2v) is 5.93. The second-order valence-electron chi connectivity index (χ2n) is 5.93. The van der Waals surface area contributed by atoms with Crippen molar-refractivity contribution in [3.05, 3.63) is 71.8 Å². The van der Waals surface area contributed by atoms with E-state index in [9.17, 15) is 4.39 Å². The van der Waals surface area contributed by atoms with Gasteiger partial charge in [0.1, 0.15) is 17.8 Å². The van der Waals surface area contributed by atoms with Crippen molar-refractivity contribution < 1.29 is 14.0 Å². The molecule has 6 N–H and O–H groups in total. The summed E-state index contributed by atoms with van der Waals surface area (Å²) >= 11 is 0. The van der Waals surface area contributed by atoms with Gasteiger partial charge >= 0.3 is 0 Å². The van der Waals surface area contributed by atoms with E-state index in [0.717, 1.165) is 0 Å². The average Bonchev–Trinajstić information content (AvgIpc) is 3.26. The van der Waals surface area contributed by atoms with Gasteiger partial charge in [-0.25, -0.2) is 14.4 Å². The normalized spacial score (nSPS) is 12.2. The first kappa shape index (κ1) is 20.0. The number of halogens is 1. The minimum absolute atomic E-state index is 0.0803. The Kier molecular flexibility index (Phi) is 6.48. The van der Waals surface area contributed by atoms with E-state index in [1.54, 1.807) is 24.3 Å². The summed E-state index contributed by atoms with van der Waals surface area (Å²) in [6.45, 7) is 0.284. The van der Waals surface area contributed by atoms with Gasteiger partial charge in [0.15, 0.2) is 11.6 Å². The zero-order chi connectivity index (χ0) is 20.6. The molecule has 0 amide bonds. The molecule has 0 radical (unpaired) electrons. The molecule has 10 heteroatoms. The van der Waals surface area contributed by atoms with Crippen LogP contribution in [0.2, 0.25) is 0 Å². The third-order valence-electron chi connectivity index (χ3n) is 3.85. The molecule has 1 aromatic carbocycles. The Morgan fingerprint density at radius 1 is 1.31 bits per heavy atom. The number of aliphatic hydroxyl groups excluding tert-OH is 1. The van der Waals surface area contributed by atoms with E-state index in [1.807, 2.05) is 0 Å². The number of nitrogens with one attached hydrogen (secondary N) is 1. The van der Waals surface area contributed by atoms with Crippen LogP contribution in [0.15, 0.2) is 58.4 Å². The first-order valence-corrected chi connectivity index (χ1v) is 8.72. The number of aromatic nitrogens is 3. The first-order chi connectivity index (χ1) is 14.1. The third kappa shape index (κ3) is 5.14. The minimum atomic E-state index is -0.353. The van der Waals surface area contributed by atoms with Gasteiger partial charge in [-0.2, -0.15) is 0 Å². The molecule has 150 valence electrons. The lowest BCUT2D eigenvalue weighted by atomic mass is 10.2. The lowest BCUT2D eigenvalue weighted by molar-refractivity contribution is 0.311. The second kappa shape index (κ2) is 9.42. The van der Waals surface area contributed by atoms with Crippen molar-refractivity contribution >= 4 is 22.9 Å². The zero-order valence-corrected chi connectivity index (χ0v) is 15.4. The fourth-order valence-electron chi connectivity index (χ4n) is 2.40. The number of aliphatic hydroxyl groups is 1. The Hall–Kier alpha value is -3.79. The molecule has 0 atom stereocenters. The van der Waals surface area contributed by atoms with Crippen molar-refractivity contribution in [2.24, 2.45) is 10.7 Å². The Labute approximate surface area is 166 Å². The quantitative estimate of drug-likeness (QED) is 0.419. The topological polar surface area (TPSA) is 148 Å². The Morgan fingerprint density at radius 3 is 2.86 bits per heavy atom. The number of anilines is 2. The maximum Gasteiger partial charge on any atom is 0.177 e. The fourth-order valence-corrected chi connectivity index (χ4v) is 2.40. The molecular weight excluding hydrogens is 377 g/mol. The molecule has 2 heterocycles. The summed E-state index contributed by atoms with van der Waals surface area (Å²) in [5, 5.41) is 15.7. The molecule has 0 bridgehead atoms. The van der Waals surface area contributed by atoms with Crippen molar-refractivity contribution in [3.63, 3.8) is 0 Å². The van der Waals surface area contributed by atoms with Crippen LogP contribution in [0.25, 0.3) is 5.70 Å². The lowest BCUT2D eigenvalue weighted by Crippen LogP contribution is -2.13. The molecular formula is C19H20FN7O2. The summed E-state index contributed by atoms with van der Waals surface area (Å²) in [6.07, 6.45) is 4.34. The van der Waals surface area contributed by atoms with E-state index in [2.05, 4.69) is 25.4 Å². The van der Waals surface area contributed by atoms with E-state index in [1.165, 1.54) is 24.6 Å². The van der Waals surface area contributed by atoms with Gasteiger partial charge in [0.05, 0.1) is 36.4 Å². The monoisotopic (exact) mass is 397 g/mol. The van der Waals surface area contributed by atoms with Gasteiger partial charge in [0, 0.05) is 18.2 Å². The summed E-state index contributed by atoms with van der Waals surface area (Å²) in [7, 11) is 0. The molecule has 0 saturated heterocycles. The highest BCUT2D eigenvalue weighted by atomic mass is 19.1. The van der Waals surface area contributed by atoms with Gasteiger partial charge in [-0.05, 0) is 12.1 Å². The maximum absolute atomic E-state index is 13.9. The number of hydrogen-bond donors (Lipinski definition) is 4. The summed E-state index contributed by atoms with van der Waals surface area (Å²) in [6, 6.07) is 7.97. The molecule has 0 saturated carbocycles. The number of benzene rings is 1. The van der Waals surface area contributed by atoms with E-state index >= 15 is 0 Å². The smallest absolute Gasteiger partial charge is 0.177 e. The van der Waals surface area contributed by atoms with E-state index in [-0.39, 0.29) is 37.0 Å². The Morgan fingerprint density at radius 2 is 2.14 bits per heavy atom. The van der Waals surface area contributed by atoms with Crippen LogP contribution in [0, 0.1) is 5.82 Å². The minimum Gasteiger partial charge on any atom is -0.396 e. The molecule has 0 unspecified atom stereocenters. The molecule has 0 aliphatic heterocycles. The summed E-state index contributed by atoms with van der Waals surface area (Å²) in [5.74, 6) is 0.211. The summed E-state index contributed by atoms with van der Waals surface area (Å²) < 4.78 is 18.8. The lowest BCUT2D eigenvalue weighted by Gasteiger charge is -2.09. The first-order valence-electron chi connectivity index (χ1n) is 8.72. The number of aliphatic imine (C=N–C) groups is 1. The van der Waals surface area contributed by atoms with Crippen LogP contribution in [-0.4, -0.2) is 39.1 Å². The number of allylic oxidation sites excluding steroid dienone is 1. The number of rotatable bonds is 8. The van der Waals surface area contributed by atoms with E-state index < -0.39 is 0 Å². The zero-order valence-electron chi connectivity index (χ0n) is 15.4. The largest absolute Gasteiger partial charge is 0.396 e. The molecule has 0 fully saturated rings. The standard InChI is InChI=1S/C19H20FN7O2/c20-13-4-2-1-3-12(13)10-24-17(16-5-8-29-27-16)9-14(21)18-25-11-15(22)19(26-18)23-6-7-28/h1-5,8-9,11,28H,6-7,10,21-22H2,(H,23,25,26). The van der Waals surface area contributed by atoms with Crippen molar-refractivity contribution in [2.75, 3.05) is 24.2 Å². The molecule has 0 aliphatic rings. The highest BCUT2D eigenvalue weighted by Crippen LogP contribution is 2.16. The average molecular weight is 397 g/mol. The summed E-state index contributed by atoms with van der Waals surface area (Å²) in [5.41, 5.74) is 13.7. The molecule has 9 nitrogen and oxygen atoms in total. The van der Waals surface area contributed by atoms with Gasteiger partial charge in [-0.3, -0.25) is 4.99 Å². The van der Waals surface area contributed by atoms with Crippen LogP contribution < -0.4 is 16.8 Å². The third-order valence-corrected chi connectivity index (χ3v) is 3.85. The van der Waals surface area contributed by atoms with Crippen LogP contribution in [0.1, 0.15) is 17.1 Å². The van der Waals surface area contributed by atoms with Crippen molar-refractivity contribution in [3.8, 4) is 0 Å². The number of hydrogen-bond acceptors (Lipinski definition) is 9. The van der Waals surface area contributed by atoms with E-state index in [4.69, 9.17) is 21.1 Å². The van der Waals surface area contributed by atoms with Gasteiger partial charge < -0.3 is 26.4 Å². The van der Waals surface area contributed by atoms with Gasteiger partial charge in [-0.15, -0.1) is 0 Å².